The number of likely N-dealkylation sites (tertiary alicyclic amines) is 1. The quantitative estimate of drug-likeness (QED) is 0.666. The number of esters is 1. The Morgan fingerprint density at radius 3 is 2.53 bits per heavy atom. The summed E-state index contributed by atoms with van der Waals surface area (Å²) >= 11 is 0. The lowest BCUT2D eigenvalue weighted by molar-refractivity contribution is -0.160. The van der Waals surface area contributed by atoms with E-state index in [2.05, 4.69) is 17.4 Å². The first-order valence-corrected chi connectivity index (χ1v) is 12.0. The molecular weight excluding hydrogens is 406 g/mol. The standard InChI is InChI=1S/C25H39N3O4/c1-6-31-22(29)25(13-15-28(16-14-25)23(30)32-24(3,4)5)18(2)26-17-20-12-11-19-9-7-8-10-21(19)27-20/h11-12,18,26H,6-10,13-17H2,1-5H3. The highest BCUT2D eigenvalue weighted by Gasteiger charge is 2.48. The van der Waals surface area contributed by atoms with Gasteiger partial charge in [0.2, 0.25) is 0 Å². The van der Waals surface area contributed by atoms with Crippen molar-refractivity contribution in [1.29, 1.82) is 0 Å². The zero-order valence-electron chi connectivity index (χ0n) is 20.3. The van der Waals surface area contributed by atoms with Gasteiger partial charge in [-0.2, -0.15) is 0 Å². The van der Waals surface area contributed by atoms with Crippen LogP contribution in [0.2, 0.25) is 0 Å². The Balaban J connectivity index is 1.66. The minimum absolute atomic E-state index is 0.111. The largest absolute Gasteiger partial charge is 0.466 e. The monoisotopic (exact) mass is 445 g/mol. The van der Waals surface area contributed by atoms with Crippen molar-refractivity contribution in [2.24, 2.45) is 5.41 Å². The van der Waals surface area contributed by atoms with Crippen molar-refractivity contribution < 1.29 is 19.1 Å². The number of nitrogens with zero attached hydrogens (tertiary/aromatic N) is 2. The van der Waals surface area contributed by atoms with Gasteiger partial charge in [0.15, 0.2) is 0 Å². The van der Waals surface area contributed by atoms with Crippen LogP contribution in [0, 0.1) is 5.41 Å². The van der Waals surface area contributed by atoms with Gasteiger partial charge in [-0.15, -0.1) is 0 Å². The number of piperidine rings is 1. The van der Waals surface area contributed by atoms with E-state index in [-0.39, 0.29) is 18.1 Å². The Morgan fingerprint density at radius 2 is 1.88 bits per heavy atom. The van der Waals surface area contributed by atoms with Gasteiger partial charge in [-0.3, -0.25) is 9.78 Å². The Hall–Kier alpha value is -2.15. The second kappa shape index (κ2) is 10.2. The van der Waals surface area contributed by atoms with Crippen LogP contribution in [0.25, 0.3) is 0 Å². The smallest absolute Gasteiger partial charge is 0.410 e. The van der Waals surface area contributed by atoms with Crippen LogP contribution in [-0.2, 0) is 33.7 Å². The summed E-state index contributed by atoms with van der Waals surface area (Å²) in [7, 11) is 0. The number of hydrogen-bond acceptors (Lipinski definition) is 6. The molecule has 7 nitrogen and oxygen atoms in total. The molecule has 32 heavy (non-hydrogen) atoms. The number of fused-ring (bicyclic) bond motifs is 1. The van der Waals surface area contributed by atoms with Crippen molar-refractivity contribution in [2.45, 2.75) is 91.3 Å². The molecule has 1 N–H and O–H groups in total. The zero-order chi connectivity index (χ0) is 23.4. The van der Waals surface area contributed by atoms with Crippen LogP contribution in [0.15, 0.2) is 12.1 Å². The molecule has 178 valence electrons. The first kappa shape index (κ1) is 24.5. The van der Waals surface area contributed by atoms with Crippen molar-refractivity contribution in [3.8, 4) is 0 Å². The van der Waals surface area contributed by atoms with Gasteiger partial charge in [0.05, 0.1) is 17.7 Å². The van der Waals surface area contributed by atoms with Gasteiger partial charge in [0, 0.05) is 31.4 Å². The second-order valence-corrected chi connectivity index (χ2v) is 10.1. The molecule has 7 heteroatoms. The Bertz CT molecular complexity index is 810. The van der Waals surface area contributed by atoms with Crippen LogP contribution in [0.3, 0.4) is 0 Å². The van der Waals surface area contributed by atoms with Gasteiger partial charge in [-0.25, -0.2) is 4.79 Å². The maximum atomic E-state index is 13.1. The number of aromatic nitrogens is 1. The number of hydrogen-bond donors (Lipinski definition) is 1. The van der Waals surface area contributed by atoms with Crippen molar-refractivity contribution in [1.82, 2.24) is 15.2 Å². The molecule has 1 saturated heterocycles. The summed E-state index contributed by atoms with van der Waals surface area (Å²) in [5, 5.41) is 3.54. The summed E-state index contributed by atoms with van der Waals surface area (Å²) in [5.41, 5.74) is 2.37. The Morgan fingerprint density at radius 1 is 1.19 bits per heavy atom. The third-order valence-corrected chi connectivity index (χ3v) is 6.64. The van der Waals surface area contributed by atoms with E-state index in [0.29, 0.717) is 39.1 Å². The minimum Gasteiger partial charge on any atom is -0.466 e. The molecule has 1 atom stereocenters. The highest BCUT2D eigenvalue weighted by molar-refractivity contribution is 5.78. The van der Waals surface area contributed by atoms with E-state index in [4.69, 9.17) is 14.5 Å². The maximum absolute atomic E-state index is 13.1. The molecule has 0 saturated carbocycles. The fourth-order valence-electron chi connectivity index (χ4n) is 4.68. The van der Waals surface area contributed by atoms with Gasteiger partial charge < -0.3 is 19.7 Å². The molecule has 2 heterocycles. The number of nitrogens with one attached hydrogen (secondary N) is 1. The maximum Gasteiger partial charge on any atom is 0.410 e. The van der Waals surface area contributed by atoms with E-state index in [1.54, 1.807) is 4.90 Å². The van der Waals surface area contributed by atoms with Crippen LogP contribution in [0.5, 0.6) is 0 Å². The van der Waals surface area contributed by atoms with Gasteiger partial charge in [0.25, 0.3) is 0 Å². The van der Waals surface area contributed by atoms with Crippen LogP contribution in [0.4, 0.5) is 4.79 Å². The fraction of sp³-hybridized carbons (Fsp3) is 0.720. The third-order valence-electron chi connectivity index (χ3n) is 6.64. The first-order chi connectivity index (χ1) is 15.1. The van der Waals surface area contributed by atoms with E-state index >= 15 is 0 Å². The molecule has 1 aliphatic carbocycles. The second-order valence-electron chi connectivity index (χ2n) is 10.1. The van der Waals surface area contributed by atoms with Gasteiger partial charge in [-0.05, 0) is 84.8 Å². The molecule has 0 radical (unpaired) electrons. The summed E-state index contributed by atoms with van der Waals surface area (Å²) in [6.45, 7) is 11.3. The molecule has 0 aromatic carbocycles. The molecule has 1 fully saturated rings. The molecular formula is C25H39N3O4. The van der Waals surface area contributed by atoms with E-state index < -0.39 is 11.0 Å². The van der Waals surface area contributed by atoms with Gasteiger partial charge in [-0.1, -0.05) is 6.07 Å². The van der Waals surface area contributed by atoms with Crippen LogP contribution in [0.1, 0.15) is 77.3 Å². The SMILES string of the molecule is CCOC(=O)C1(C(C)NCc2ccc3c(n2)CCCC3)CCN(C(=O)OC(C)(C)C)CC1. The van der Waals surface area contributed by atoms with E-state index in [0.717, 1.165) is 18.5 Å². The van der Waals surface area contributed by atoms with Crippen molar-refractivity contribution in [3.05, 3.63) is 29.1 Å². The molecule has 2 aliphatic rings. The van der Waals surface area contributed by atoms with Crippen LogP contribution < -0.4 is 5.32 Å². The van der Waals surface area contributed by atoms with Gasteiger partial charge in [0.1, 0.15) is 5.60 Å². The van der Waals surface area contributed by atoms with Crippen LogP contribution in [-0.4, -0.2) is 53.3 Å². The van der Waals surface area contributed by atoms with E-state index in [9.17, 15) is 9.59 Å². The number of rotatable bonds is 6. The number of ether oxygens (including phenoxy) is 2. The molecule has 0 spiro atoms. The fourth-order valence-corrected chi connectivity index (χ4v) is 4.68. The summed E-state index contributed by atoms with van der Waals surface area (Å²) in [6, 6.07) is 4.18. The predicted molar refractivity (Wildman–Crippen MR) is 123 cm³/mol. The number of aryl methyl sites for hydroxylation is 2. The normalized spacial score (nSPS) is 19.1. The lowest BCUT2D eigenvalue weighted by atomic mass is 9.72. The zero-order valence-corrected chi connectivity index (χ0v) is 20.3. The molecule has 1 amide bonds. The van der Waals surface area contributed by atoms with E-state index in [1.165, 1.54) is 24.1 Å². The minimum atomic E-state index is -0.678. The van der Waals surface area contributed by atoms with E-state index in [1.807, 2.05) is 34.6 Å². The number of carbonyl (C=O) groups is 2. The third kappa shape index (κ3) is 5.80. The average Bonchev–Trinajstić information content (AvgIpc) is 2.76. The lowest BCUT2D eigenvalue weighted by Gasteiger charge is -2.43. The highest BCUT2D eigenvalue weighted by atomic mass is 16.6. The molecule has 3 rings (SSSR count). The summed E-state index contributed by atoms with van der Waals surface area (Å²) < 4.78 is 11.0. The number of carbonyl (C=O) groups excluding carboxylic acids is 2. The van der Waals surface area contributed by atoms with Crippen molar-refractivity contribution in [3.63, 3.8) is 0 Å². The van der Waals surface area contributed by atoms with Crippen molar-refractivity contribution >= 4 is 12.1 Å². The molecule has 1 aliphatic heterocycles. The summed E-state index contributed by atoms with van der Waals surface area (Å²) in [5.74, 6) is -0.192. The number of pyridine rings is 1. The topological polar surface area (TPSA) is 80.8 Å². The summed E-state index contributed by atoms with van der Waals surface area (Å²) in [4.78, 5) is 32.1. The number of amides is 1. The Labute approximate surface area is 192 Å². The van der Waals surface area contributed by atoms with Crippen LogP contribution >= 0.6 is 0 Å². The predicted octanol–water partition coefficient (Wildman–Crippen LogP) is 4.02. The molecule has 1 aromatic heterocycles. The first-order valence-electron chi connectivity index (χ1n) is 12.0. The Kier molecular flexibility index (Phi) is 7.80. The molecule has 1 aromatic rings. The summed E-state index contributed by atoms with van der Waals surface area (Å²) in [6.07, 6.45) is 5.36. The average molecular weight is 446 g/mol. The lowest BCUT2D eigenvalue weighted by Crippen LogP contribution is -2.56. The molecule has 1 unspecified atom stereocenters. The van der Waals surface area contributed by atoms with Gasteiger partial charge >= 0.3 is 12.1 Å². The highest BCUT2D eigenvalue weighted by Crippen LogP contribution is 2.37. The molecule has 0 bridgehead atoms. The van der Waals surface area contributed by atoms with Crippen molar-refractivity contribution in [2.75, 3.05) is 19.7 Å².